The van der Waals surface area contributed by atoms with Crippen LogP contribution in [0.15, 0.2) is 36.4 Å². The zero-order valence-corrected chi connectivity index (χ0v) is 16.4. The van der Waals surface area contributed by atoms with E-state index >= 15 is 0 Å². The number of ether oxygens (including phenoxy) is 2. The molecule has 0 saturated heterocycles. The number of anilines is 1. The number of sulfone groups is 1. The predicted octanol–water partition coefficient (Wildman–Crippen LogP) is 2.39. The van der Waals surface area contributed by atoms with Gasteiger partial charge in [-0.25, -0.2) is 12.8 Å². The summed E-state index contributed by atoms with van der Waals surface area (Å²) in [6.07, 6.45) is 0. The van der Waals surface area contributed by atoms with E-state index in [-0.39, 0.29) is 11.1 Å². The van der Waals surface area contributed by atoms with Crippen LogP contribution in [0.4, 0.5) is 10.1 Å². The van der Waals surface area contributed by atoms with Gasteiger partial charge in [-0.15, -0.1) is 0 Å². The molecule has 2 aromatic carbocycles. The summed E-state index contributed by atoms with van der Waals surface area (Å²) in [5.41, 5.74) is 0.621. The maximum atomic E-state index is 13.3. The number of ketones is 1. The van der Waals surface area contributed by atoms with Crippen molar-refractivity contribution >= 4 is 27.2 Å². The van der Waals surface area contributed by atoms with Crippen molar-refractivity contribution in [3.8, 4) is 11.5 Å². The molecule has 0 saturated carbocycles. The average Bonchev–Trinajstić information content (AvgIpc) is 2.62. The van der Waals surface area contributed by atoms with Gasteiger partial charge in [0.05, 0.1) is 14.2 Å². The van der Waals surface area contributed by atoms with Crippen LogP contribution in [0.1, 0.15) is 15.9 Å². The fourth-order valence-corrected chi connectivity index (χ4v) is 3.60. The monoisotopic (exact) mass is 409 g/mol. The van der Waals surface area contributed by atoms with Crippen LogP contribution in [0.5, 0.6) is 11.5 Å². The molecule has 2 aromatic rings. The van der Waals surface area contributed by atoms with Crippen molar-refractivity contribution in [2.24, 2.45) is 0 Å². The van der Waals surface area contributed by atoms with Crippen LogP contribution in [-0.4, -0.2) is 45.8 Å². The standard InChI is InChI=1S/C19H20FNO6S/c1-12-8-13(4-6-15(12)20)16(22)10-28(24,25)11-19(23)21-14-5-7-17(26-2)18(9-14)27-3/h4-9H,10-11H2,1-3H3,(H,21,23). The van der Waals surface area contributed by atoms with Crippen molar-refractivity contribution in [2.75, 3.05) is 31.0 Å². The van der Waals surface area contributed by atoms with Gasteiger partial charge in [0.2, 0.25) is 5.91 Å². The molecule has 1 amide bonds. The third kappa shape index (κ3) is 5.53. The topological polar surface area (TPSA) is 98.8 Å². The number of hydrogen-bond donors (Lipinski definition) is 1. The van der Waals surface area contributed by atoms with Gasteiger partial charge >= 0.3 is 0 Å². The number of hydrogen-bond acceptors (Lipinski definition) is 6. The lowest BCUT2D eigenvalue weighted by molar-refractivity contribution is -0.113. The molecule has 0 bridgehead atoms. The summed E-state index contributed by atoms with van der Waals surface area (Å²) in [6.45, 7) is 1.47. The van der Waals surface area contributed by atoms with Crippen molar-refractivity contribution in [3.05, 3.63) is 53.3 Å². The normalized spacial score (nSPS) is 11.0. The number of amides is 1. The summed E-state index contributed by atoms with van der Waals surface area (Å²) in [6, 6.07) is 8.15. The highest BCUT2D eigenvalue weighted by atomic mass is 32.2. The molecule has 1 N–H and O–H groups in total. The number of rotatable bonds is 8. The quantitative estimate of drug-likeness (QED) is 0.672. The minimum atomic E-state index is -4.01. The lowest BCUT2D eigenvalue weighted by Gasteiger charge is -2.11. The summed E-state index contributed by atoms with van der Waals surface area (Å²) in [5, 5.41) is 2.44. The summed E-state index contributed by atoms with van der Waals surface area (Å²) in [4.78, 5) is 24.2. The Hall–Kier alpha value is -2.94. The van der Waals surface area contributed by atoms with Gasteiger partial charge < -0.3 is 14.8 Å². The van der Waals surface area contributed by atoms with E-state index in [4.69, 9.17) is 9.47 Å². The fraction of sp³-hybridized carbons (Fsp3) is 0.263. The number of methoxy groups -OCH3 is 2. The molecule has 7 nitrogen and oxygen atoms in total. The molecule has 9 heteroatoms. The molecule has 0 fully saturated rings. The van der Waals surface area contributed by atoms with Crippen molar-refractivity contribution in [2.45, 2.75) is 6.92 Å². The SMILES string of the molecule is COc1ccc(NC(=O)CS(=O)(=O)CC(=O)c2ccc(F)c(C)c2)cc1OC. The third-order valence-electron chi connectivity index (χ3n) is 3.85. The molecule has 0 unspecified atom stereocenters. The van der Waals surface area contributed by atoms with Gasteiger partial charge in [0.1, 0.15) is 17.3 Å². The van der Waals surface area contributed by atoms with E-state index in [1.807, 2.05) is 0 Å². The number of halogens is 1. The molecule has 2 rings (SSSR count). The van der Waals surface area contributed by atoms with E-state index in [1.165, 1.54) is 45.4 Å². The van der Waals surface area contributed by atoms with Gasteiger partial charge in [0.15, 0.2) is 27.1 Å². The van der Waals surface area contributed by atoms with E-state index in [0.717, 1.165) is 6.07 Å². The first kappa shape index (κ1) is 21.4. The maximum absolute atomic E-state index is 13.3. The van der Waals surface area contributed by atoms with Gasteiger partial charge in [0, 0.05) is 17.3 Å². The minimum Gasteiger partial charge on any atom is -0.493 e. The second kappa shape index (κ2) is 8.83. The first-order valence-electron chi connectivity index (χ1n) is 8.17. The maximum Gasteiger partial charge on any atom is 0.239 e. The van der Waals surface area contributed by atoms with Crippen LogP contribution in [0.25, 0.3) is 0 Å². The molecule has 0 aliphatic heterocycles. The second-order valence-corrected chi connectivity index (χ2v) is 8.10. The van der Waals surface area contributed by atoms with Crippen LogP contribution in [0, 0.1) is 12.7 Å². The lowest BCUT2D eigenvalue weighted by Crippen LogP contribution is -2.27. The molecule has 0 atom stereocenters. The first-order valence-corrected chi connectivity index (χ1v) is 9.99. The van der Waals surface area contributed by atoms with Crippen LogP contribution in [0.3, 0.4) is 0 Å². The number of carbonyl (C=O) groups excluding carboxylic acids is 2. The lowest BCUT2D eigenvalue weighted by atomic mass is 10.1. The van der Waals surface area contributed by atoms with Gasteiger partial charge in [-0.05, 0) is 42.8 Å². The molecule has 0 heterocycles. The van der Waals surface area contributed by atoms with E-state index in [0.29, 0.717) is 17.2 Å². The molecule has 0 radical (unpaired) electrons. The molecular weight excluding hydrogens is 389 g/mol. The predicted molar refractivity (Wildman–Crippen MR) is 102 cm³/mol. The van der Waals surface area contributed by atoms with E-state index in [2.05, 4.69) is 5.32 Å². The van der Waals surface area contributed by atoms with Crippen molar-refractivity contribution in [3.63, 3.8) is 0 Å². The van der Waals surface area contributed by atoms with Crippen molar-refractivity contribution < 1.29 is 31.9 Å². The van der Waals surface area contributed by atoms with Crippen molar-refractivity contribution in [1.29, 1.82) is 0 Å². The second-order valence-electron chi connectivity index (χ2n) is 6.04. The Morgan fingerprint density at radius 2 is 1.68 bits per heavy atom. The van der Waals surface area contributed by atoms with Crippen molar-refractivity contribution in [1.82, 2.24) is 0 Å². The van der Waals surface area contributed by atoms with Gasteiger partial charge in [-0.1, -0.05) is 0 Å². The summed E-state index contributed by atoms with van der Waals surface area (Å²) < 4.78 is 47.9. The zero-order chi connectivity index (χ0) is 20.9. The molecule has 0 aromatic heterocycles. The smallest absolute Gasteiger partial charge is 0.239 e. The molecular formula is C19H20FNO6S. The number of benzene rings is 2. The largest absolute Gasteiger partial charge is 0.493 e. The fourth-order valence-electron chi connectivity index (χ4n) is 2.46. The van der Waals surface area contributed by atoms with Gasteiger partial charge in [-0.3, -0.25) is 9.59 Å². The third-order valence-corrected chi connectivity index (χ3v) is 5.25. The summed E-state index contributed by atoms with van der Waals surface area (Å²) >= 11 is 0. The Balaban J connectivity index is 2.04. The Bertz CT molecular complexity index is 1000. The van der Waals surface area contributed by atoms with Gasteiger partial charge in [-0.2, -0.15) is 0 Å². The highest BCUT2D eigenvalue weighted by molar-refractivity contribution is 7.92. The van der Waals surface area contributed by atoms with Gasteiger partial charge in [0.25, 0.3) is 0 Å². The van der Waals surface area contributed by atoms with Crippen LogP contribution >= 0.6 is 0 Å². The molecule has 0 spiro atoms. The van der Waals surface area contributed by atoms with Crippen LogP contribution in [-0.2, 0) is 14.6 Å². The Labute approximate surface area is 162 Å². The summed E-state index contributed by atoms with van der Waals surface area (Å²) in [5.74, 6) is -2.89. The highest BCUT2D eigenvalue weighted by Crippen LogP contribution is 2.29. The number of carbonyl (C=O) groups is 2. The highest BCUT2D eigenvalue weighted by Gasteiger charge is 2.22. The first-order chi connectivity index (χ1) is 13.1. The van der Waals surface area contributed by atoms with E-state index in [9.17, 15) is 22.4 Å². The summed E-state index contributed by atoms with van der Waals surface area (Å²) in [7, 11) is -1.12. The number of Topliss-reactive ketones (excluding diaryl/α,β-unsaturated/α-hetero) is 1. The Morgan fingerprint density at radius 1 is 1.00 bits per heavy atom. The Morgan fingerprint density at radius 3 is 2.29 bits per heavy atom. The average molecular weight is 409 g/mol. The molecule has 28 heavy (non-hydrogen) atoms. The zero-order valence-electron chi connectivity index (χ0n) is 15.6. The number of aryl methyl sites for hydroxylation is 1. The van der Waals surface area contributed by atoms with E-state index in [1.54, 1.807) is 6.07 Å². The molecule has 150 valence electrons. The molecule has 0 aliphatic rings. The van der Waals surface area contributed by atoms with E-state index < -0.39 is 38.9 Å². The Kier molecular flexibility index (Phi) is 6.74. The molecule has 0 aliphatic carbocycles. The number of nitrogens with one attached hydrogen (secondary N) is 1. The minimum absolute atomic E-state index is 0.0720. The van der Waals surface area contributed by atoms with Crippen LogP contribution in [0.2, 0.25) is 0 Å². The van der Waals surface area contributed by atoms with Crippen LogP contribution < -0.4 is 14.8 Å².